The van der Waals surface area contributed by atoms with Crippen LogP contribution in [0.15, 0.2) is 34.9 Å². The number of benzene rings is 1. The van der Waals surface area contributed by atoms with Gasteiger partial charge in [0.2, 0.25) is 0 Å². The molecule has 0 unspecified atom stereocenters. The molecule has 0 bridgehead atoms. The third kappa shape index (κ3) is 4.43. The minimum atomic E-state index is -0.528. The van der Waals surface area contributed by atoms with Crippen LogP contribution in [0.4, 0.5) is 0 Å². The molecule has 0 saturated heterocycles. The molecule has 5 nitrogen and oxygen atoms in total. The van der Waals surface area contributed by atoms with Crippen molar-refractivity contribution < 1.29 is 9.53 Å². The summed E-state index contributed by atoms with van der Waals surface area (Å²) in [6, 6.07) is 7.25. The van der Waals surface area contributed by atoms with E-state index >= 15 is 0 Å². The van der Waals surface area contributed by atoms with Crippen LogP contribution >= 0.6 is 0 Å². The van der Waals surface area contributed by atoms with E-state index in [9.17, 15) is 4.79 Å². The van der Waals surface area contributed by atoms with Gasteiger partial charge >= 0.3 is 0 Å². The Morgan fingerprint density at radius 1 is 1.48 bits per heavy atom. The summed E-state index contributed by atoms with van der Waals surface area (Å²) in [6.07, 6.45) is 4.22. The fourth-order valence-corrected chi connectivity index (χ4v) is 2.08. The molecular weight excluding hydrogens is 266 g/mol. The van der Waals surface area contributed by atoms with Gasteiger partial charge < -0.3 is 10.5 Å². The van der Waals surface area contributed by atoms with Crippen molar-refractivity contribution in [2.45, 2.75) is 26.3 Å². The minimum absolute atomic E-state index is 0.266. The molecule has 112 valence electrons. The van der Waals surface area contributed by atoms with Gasteiger partial charge in [0.1, 0.15) is 12.4 Å². The van der Waals surface area contributed by atoms with Crippen molar-refractivity contribution in [3.8, 4) is 5.75 Å². The highest BCUT2D eigenvalue weighted by Crippen LogP contribution is 2.24. The van der Waals surface area contributed by atoms with E-state index < -0.39 is 6.04 Å². The zero-order chi connectivity index (χ0) is 15.2. The van der Waals surface area contributed by atoms with Gasteiger partial charge in [0.25, 0.3) is 5.91 Å². The van der Waals surface area contributed by atoms with Gasteiger partial charge in [-0.15, -0.1) is 0 Å². The number of para-hydroxylation sites is 1. The molecule has 1 aliphatic rings. The molecule has 0 spiro atoms. The Morgan fingerprint density at radius 2 is 2.24 bits per heavy atom. The number of hydrogen-bond acceptors (Lipinski definition) is 4. The Morgan fingerprint density at radius 3 is 3.00 bits per heavy atom. The van der Waals surface area contributed by atoms with Crippen molar-refractivity contribution >= 4 is 18.2 Å². The zero-order valence-electron chi connectivity index (χ0n) is 12.4. The second-order valence-electron chi connectivity index (χ2n) is 5.52. The average molecular weight is 287 g/mol. The fourth-order valence-electron chi connectivity index (χ4n) is 2.08. The van der Waals surface area contributed by atoms with E-state index in [4.69, 9.17) is 10.5 Å². The zero-order valence-corrected chi connectivity index (χ0v) is 12.4. The second-order valence-corrected chi connectivity index (χ2v) is 5.52. The molecule has 0 saturated carbocycles. The number of amides is 1. The third-order valence-corrected chi connectivity index (χ3v) is 3.12. The monoisotopic (exact) mass is 287 g/mol. The van der Waals surface area contributed by atoms with Gasteiger partial charge in [-0.25, -0.2) is 5.43 Å². The van der Waals surface area contributed by atoms with Crippen LogP contribution in [-0.2, 0) is 4.79 Å². The van der Waals surface area contributed by atoms with E-state index in [1.54, 1.807) is 6.21 Å². The Hall–Kier alpha value is -2.14. The first-order chi connectivity index (χ1) is 10.1. The number of ether oxygens (including phenoxy) is 1. The predicted octanol–water partition coefficient (Wildman–Crippen LogP) is 1.94. The van der Waals surface area contributed by atoms with Crippen LogP contribution in [0.2, 0.25) is 0 Å². The van der Waals surface area contributed by atoms with Gasteiger partial charge in [0, 0.05) is 11.1 Å². The number of hydrazone groups is 1. The molecular formula is C16H21N3O2. The Balaban J connectivity index is 1.91. The summed E-state index contributed by atoms with van der Waals surface area (Å²) >= 11 is 0. The van der Waals surface area contributed by atoms with Crippen LogP contribution < -0.4 is 15.9 Å². The molecule has 1 aliphatic heterocycles. The van der Waals surface area contributed by atoms with Crippen LogP contribution in [0.25, 0.3) is 6.08 Å². The molecule has 0 aliphatic carbocycles. The molecule has 1 heterocycles. The summed E-state index contributed by atoms with van der Waals surface area (Å²) in [5.41, 5.74) is 10.1. The lowest BCUT2D eigenvalue weighted by Crippen LogP contribution is -2.39. The van der Waals surface area contributed by atoms with Crippen LogP contribution in [0.5, 0.6) is 5.75 Å². The van der Waals surface area contributed by atoms with E-state index in [0.29, 0.717) is 18.9 Å². The average Bonchev–Trinajstić information content (AvgIpc) is 2.46. The highest BCUT2D eigenvalue weighted by molar-refractivity contribution is 5.89. The highest BCUT2D eigenvalue weighted by Gasteiger charge is 2.14. The quantitative estimate of drug-likeness (QED) is 0.642. The van der Waals surface area contributed by atoms with Crippen LogP contribution in [-0.4, -0.2) is 24.8 Å². The summed E-state index contributed by atoms with van der Waals surface area (Å²) < 4.78 is 5.60. The van der Waals surface area contributed by atoms with E-state index in [2.05, 4.69) is 10.5 Å². The Labute approximate surface area is 124 Å². The first kappa shape index (κ1) is 15.3. The molecule has 0 radical (unpaired) electrons. The standard InChI is InChI=1S/C16H21N3O2/c1-11(2)7-14(17)16(20)19-18-9-12-8-13-5-3-4-6-15(13)21-10-12/h3-6,8-9,11,14H,7,10,17H2,1-2H3,(H,19,20)/t14-/m1/s1. The van der Waals surface area contributed by atoms with Crippen molar-refractivity contribution in [2.24, 2.45) is 16.8 Å². The largest absolute Gasteiger partial charge is 0.488 e. The fraction of sp³-hybridized carbons (Fsp3) is 0.375. The van der Waals surface area contributed by atoms with Crippen molar-refractivity contribution in [1.82, 2.24) is 5.43 Å². The molecule has 1 atom stereocenters. The smallest absolute Gasteiger partial charge is 0.256 e. The maximum Gasteiger partial charge on any atom is 0.256 e. The lowest BCUT2D eigenvalue weighted by atomic mass is 10.0. The van der Waals surface area contributed by atoms with Crippen molar-refractivity contribution in [1.29, 1.82) is 0 Å². The normalized spacial score (nSPS) is 15.3. The number of carbonyl (C=O) groups is 1. The van der Waals surface area contributed by atoms with E-state index in [1.807, 2.05) is 44.2 Å². The van der Waals surface area contributed by atoms with Gasteiger partial charge in [-0.3, -0.25) is 4.79 Å². The number of nitrogens with two attached hydrogens (primary N) is 1. The number of rotatable bonds is 5. The lowest BCUT2D eigenvalue weighted by Gasteiger charge is -2.15. The molecule has 1 aromatic rings. The van der Waals surface area contributed by atoms with Gasteiger partial charge in [-0.1, -0.05) is 32.0 Å². The minimum Gasteiger partial charge on any atom is -0.488 e. The first-order valence-corrected chi connectivity index (χ1v) is 7.07. The summed E-state index contributed by atoms with van der Waals surface area (Å²) in [6.45, 7) is 4.49. The third-order valence-electron chi connectivity index (χ3n) is 3.12. The molecule has 21 heavy (non-hydrogen) atoms. The Bertz CT molecular complexity index is 564. The molecule has 0 fully saturated rings. The van der Waals surface area contributed by atoms with Crippen molar-refractivity contribution in [2.75, 3.05) is 6.61 Å². The predicted molar refractivity (Wildman–Crippen MR) is 84.0 cm³/mol. The molecule has 5 heteroatoms. The van der Waals surface area contributed by atoms with Crippen LogP contribution in [0.3, 0.4) is 0 Å². The van der Waals surface area contributed by atoms with Crippen molar-refractivity contribution in [3.63, 3.8) is 0 Å². The van der Waals surface area contributed by atoms with Gasteiger partial charge in [0.05, 0.1) is 12.3 Å². The van der Waals surface area contributed by atoms with E-state index in [-0.39, 0.29) is 5.91 Å². The van der Waals surface area contributed by atoms with Crippen molar-refractivity contribution in [3.05, 3.63) is 35.4 Å². The highest BCUT2D eigenvalue weighted by atomic mass is 16.5. The van der Waals surface area contributed by atoms with E-state index in [0.717, 1.165) is 16.9 Å². The maximum absolute atomic E-state index is 11.7. The van der Waals surface area contributed by atoms with Gasteiger partial charge in [-0.2, -0.15) is 5.10 Å². The second kappa shape index (κ2) is 7.04. The number of nitrogens with one attached hydrogen (secondary N) is 1. The number of nitrogens with zero attached hydrogens (tertiary/aromatic N) is 1. The van der Waals surface area contributed by atoms with Crippen LogP contribution in [0.1, 0.15) is 25.8 Å². The Kier molecular flexibility index (Phi) is 5.11. The summed E-state index contributed by atoms with van der Waals surface area (Å²) in [5.74, 6) is 0.969. The lowest BCUT2D eigenvalue weighted by molar-refractivity contribution is -0.122. The molecule has 3 N–H and O–H groups in total. The summed E-state index contributed by atoms with van der Waals surface area (Å²) in [4.78, 5) is 11.7. The molecule has 0 aromatic heterocycles. The topological polar surface area (TPSA) is 76.7 Å². The number of hydrogen-bond donors (Lipinski definition) is 2. The van der Waals surface area contributed by atoms with Gasteiger partial charge in [-0.05, 0) is 24.5 Å². The maximum atomic E-state index is 11.7. The molecule has 1 amide bonds. The molecule has 1 aromatic carbocycles. The molecule has 2 rings (SSSR count). The number of fused-ring (bicyclic) bond motifs is 1. The first-order valence-electron chi connectivity index (χ1n) is 7.07. The number of carbonyl (C=O) groups excluding carboxylic acids is 1. The van der Waals surface area contributed by atoms with Gasteiger partial charge in [0.15, 0.2) is 0 Å². The van der Waals surface area contributed by atoms with Crippen LogP contribution in [0, 0.1) is 5.92 Å². The summed E-state index contributed by atoms with van der Waals surface area (Å²) in [5, 5.41) is 3.94. The van der Waals surface area contributed by atoms with E-state index in [1.165, 1.54) is 0 Å². The SMILES string of the molecule is CC(C)C[C@@H](N)C(=O)NN=CC1=Cc2ccccc2OC1. The summed E-state index contributed by atoms with van der Waals surface area (Å²) in [7, 11) is 0.